The molecule has 230 valence electrons. The summed E-state index contributed by atoms with van der Waals surface area (Å²) in [5, 5.41) is 8.61. The predicted octanol–water partition coefficient (Wildman–Crippen LogP) is 7.07. The summed E-state index contributed by atoms with van der Waals surface area (Å²) in [5.74, 6) is -0.152. The number of anilines is 1. The summed E-state index contributed by atoms with van der Waals surface area (Å²) < 4.78 is 14.6. The van der Waals surface area contributed by atoms with E-state index in [2.05, 4.69) is 10.4 Å². The number of carbonyl (C=O) groups excluding carboxylic acids is 2. The second-order valence-corrected chi connectivity index (χ2v) is 11.2. The third kappa shape index (κ3) is 8.33. The Bertz CT molecular complexity index is 1650. The van der Waals surface area contributed by atoms with Gasteiger partial charge in [0.2, 0.25) is 5.91 Å². The van der Waals surface area contributed by atoms with E-state index in [9.17, 15) is 14.4 Å². The summed E-state index contributed by atoms with van der Waals surface area (Å²) in [6.07, 6.45) is 3.89. The van der Waals surface area contributed by atoms with Gasteiger partial charge in [-0.15, -0.1) is 0 Å². The summed E-state index contributed by atoms with van der Waals surface area (Å²) >= 11 is 6.27. The maximum Gasteiger partial charge on any atom is 0.252 e. The average Bonchev–Trinajstić information content (AvgIpc) is 3.34. The molecule has 1 N–H and O–H groups in total. The van der Waals surface area contributed by atoms with Gasteiger partial charge in [-0.3, -0.25) is 23.6 Å². The van der Waals surface area contributed by atoms with Gasteiger partial charge in [0.1, 0.15) is 11.8 Å². The largest absolute Gasteiger partial charge is 0.495 e. The standard InChI is InChI=1S/C31H35ClN4O5.C2H6/c1-7-27(37)22-10-8-20(32)15-23(22)24-16-29(38)36(18-28(24)40-6)26(12-13-41-31(2,3)4)30(39)33-21-9-11-25-19(14-21)17-35(5)34-25;1-2/h8-11,14-18,26H,7,12-13H2,1-6H3,(H,33,39);1-2H3. The molecule has 9 nitrogen and oxygen atoms in total. The molecule has 0 radical (unpaired) electrons. The molecule has 4 rings (SSSR count). The first-order valence-corrected chi connectivity index (χ1v) is 14.8. The Labute approximate surface area is 257 Å². The molecule has 10 heteroatoms. The van der Waals surface area contributed by atoms with Crippen LogP contribution in [-0.2, 0) is 16.6 Å². The molecule has 1 unspecified atom stereocenters. The highest BCUT2D eigenvalue weighted by Crippen LogP contribution is 2.34. The Morgan fingerprint density at radius 2 is 1.77 bits per heavy atom. The molecule has 2 aromatic heterocycles. The van der Waals surface area contributed by atoms with Gasteiger partial charge in [-0.2, -0.15) is 5.10 Å². The van der Waals surface area contributed by atoms with Crippen molar-refractivity contribution in [3.63, 3.8) is 0 Å². The van der Waals surface area contributed by atoms with Gasteiger partial charge in [0.05, 0.1) is 24.4 Å². The molecule has 43 heavy (non-hydrogen) atoms. The number of halogens is 1. The number of nitrogens with zero attached hydrogens (tertiary/aromatic N) is 3. The Morgan fingerprint density at radius 3 is 2.42 bits per heavy atom. The van der Waals surface area contributed by atoms with Gasteiger partial charge in [0.25, 0.3) is 5.56 Å². The molecule has 2 heterocycles. The molecule has 1 amide bonds. The Kier molecular flexibility index (Phi) is 11.3. The van der Waals surface area contributed by atoms with Crippen LogP contribution in [0.5, 0.6) is 5.75 Å². The second-order valence-electron chi connectivity index (χ2n) is 10.8. The Morgan fingerprint density at radius 1 is 1.05 bits per heavy atom. The van der Waals surface area contributed by atoms with Gasteiger partial charge in [-0.25, -0.2) is 0 Å². The van der Waals surface area contributed by atoms with E-state index in [4.69, 9.17) is 21.1 Å². The Hall–Kier alpha value is -3.95. The highest BCUT2D eigenvalue weighted by molar-refractivity contribution is 6.31. The van der Waals surface area contributed by atoms with Crippen molar-refractivity contribution in [3.05, 3.63) is 75.8 Å². The SMILES string of the molecule is CC.CCC(=O)c1ccc(Cl)cc1-c1cc(=O)n(C(CCOC(C)(C)C)C(=O)Nc2ccc3nn(C)cc3c2)cc1OC. The number of benzene rings is 2. The number of hydrogen-bond donors (Lipinski definition) is 1. The number of rotatable bonds is 10. The second kappa shape index (κ2) is 14.5. The topological polar surface area (TPSA) is 104 Å². The number of hydrogen-bond acceptors (Lipinski definition) is 6. The lowest BCUT2D eigenvalue weighted by Crippen LogP contribution is -2.34. The van der Waals surface area contributed by atoms with E-state index in [0.29, 0.717) is 33.1 Å². The van der Waals surface area contributed by atoms with Crippen LogP contribution in [0.4, 0.5) is 5.69 Å². The fourth-order valence-corrected chi connectivity index (χ4v) is 4.82. The summed E-state index contributed by atoms with van der Waals surface area (Å²) in [6, 6.07) is 10.8. The van der Waals surface area contributed by atoms with Crippen molar-refractivity contribution in [1.29, 1.82) is 0 Å². The van der Waals surface area contributed by atoms with Crippen LogP contribution in [-0.4, -0.2) is 45.4 Å². The van der Waals surface area contributed by atoms with Crippen molar-refractivity contribution in [1.82, 2.24) is 14.3 Å². The minimum Gasteiger partial charge on any atom is -0.495 e. The number of methoxy groups -OCH3 is 1. The fourth-order valence-electron chi connectivity index (χ4n) is 4.64. The number of ether oxygens (including phenoxy) is 2. The first kappa shape index (κ1) is 33.6. The molecular weight excluding hydrogens is 568 g/mol. The van der Waals surface area contributed by atoms with Crippen LogP contribution in [0.2, 0.25) is 5.02 Å². The molecule has 4 aromatic rings. The molecule has 0 aliphatic rings. The van der Waals surface area contributed by atoms with Crippen LogP contribution in [0.25, 0.3) is 22.0 Å². The van der Waals surface area contributed by atoms with Crippen molar-refractivity contribution in [2.75, 3.05) is 19.0 Å². The van der Waals surface area contributed by atoms with E-state index in [-0.39, 0.29) is 31.1 Å². The van der Waals surface area contributed by atoms with Crippen LogP contribution >= 0.6 is 11.6 Å². The zero-order chi connectivity index (χ0) is 31.9. The normalized spacial score (nSPS) is 11.9. The molecule has 0 spiro atoms. The van der Waals surface area contributed by atoms with Gasteiger partial charge in [-0.1, -0.05) is 32.4 Å². The molecule has 0 saturated carbocycles. The van der Waals surface area contributed by atoms with Crippen LogP contribution < -0.4 is 15.6 Å². The first-order chi connectivity index (χ1) is 20.4. The summed E-state index contributed by atoms with van der Waals surface area (Å²) in [5.41, 5.74) is 1.87. The zero-order valence-electron chi connectivity index (χ0n) is 26.2. The van der Waals surface area contributed by atoms with Gasteiger partial charge in [0.15, 0.2) is 5.78 Å². The predicted molar refractivity (Wildman–Crippen MR) is 172 cm³/mol. The quantitative estimate of drug-likeness (QED) is 0.193. The summed E-state index contributed by atoms with van der Waals surface area (Å²) in [7, 11) is 3.30. The fraction of sp³-hybridized carbons (Fsp3) is 0.394. The molecule has 0 aliphatic carbocycles. The van der Waals surface area contributed by atoms with E-state index in [1.165, 1.54) is 23.9 Å². The maximum absolute atomic E-state index is 13.7. The number of pyridine rings is 1. The van der Waals surface area contributed by atoms with E-state index in [0.717, 1.165) is 10.9 Å². The van der Waals surface area contributed by atoms with E-state index in [1.807, 2.05) is 60.0 Å². The van der Waals surface area contributed by atoms with Crippen LogP contribution in [0.3, 0.4) is 0 Å². The molecule has 0 fully saturated rings. The number of aryl methyl sites for hydroxylation is 1. The molecule has 0 saturated heterocycles. The molecule has 1 atom stereocenters. The minimum absolute atomic E-state index is 0.0925. The highest BCUT2D eigenvalue weighted by atomic mass is 35.5. The molecular formula is C33H41ClN4O5. The van der Waals surface area contributed by atoms with Crippen LogP contribution in [0.15, 0.2) is 59.7 Å². The molecule has 0 bridgehead atoms. The average molecular weight is 609 g/mol. The smallest absolute Gasteiger partial charge is 0.252 e. The lowest BCUT2D eigenvalue weighted by Gasteiger charge is -2.24. The highest BCUT2D eigenvalue weighted by Gasteiger charge is 2.26. The number of Topliss-reactive ketones (excluding diaryl/α,β-unsaturated/α-hetero) is 1. The first-order valence-electron chi connectivity index (χ1n) is 14.4. The van der Waals surface area contributed by atoms with Crippen molar-refractivity contribution in [2.24, 2.45) is 7.05 Å². The van der Waals surface area contributed by atoms with Crippen molar-refractivity contribution < 1.29 is 19.1 Å². The van der Waals surface area contributed by atoms with E-state index in [1.54, 1.807) is 35.9 Å². The summed E-state index contributed by atoms with van der Waals surface area (Å²) in [6.45, 7) is 11.8. The van der Waals surface area contributed by atoms with Gasteiger partial charge in [-0.05, 0) is 62.7 Å². The van der Waals surface area contributed by atoms with Gasteiger partial charge >= 0.3 is 0 Å². The number of nitrogens with one attached hydrogen (secondary N) is 1. The van der Waals surface area contributed by atoms with Crippen molar-refractivity contribution in [2.45, 2.75) is 66.0 Å². The number of aromatic nitrogens is 3. The monoisotopic (exact) mass is 608 g/mol. The summed E-state index contributed by atoms with van der Waals surface area (Å²) in [4.78, 5) is 40.0. The van der Waals surface area contributed by atoms with Gasteiger partial charge in [0, 0.05) is 66.0 Å². The van der Waals surface area contributed by atoms with Crippen LogP contribution in [0, 0.1) is 0 Å². The lowest BCUT2D eigenvalue weighted by molar-refractivity contribution is -0.120. The molecule has 0 aliphatic heterocycles. The zero-order valence-corrected chi connectivity index (χ0v) is 26.9. The maximum atomic E-state index is 13.7. The van der Waals surface area contributed by atoms with Crippen molar-refractivity contribution in [3.8, 4) is 16.9 Å². The van der Waals surface area contributed by atoms with Gasteiger partial charge < -0.3 is 14.8 Å². The lowest BCUT2D eigenvalue weighted by atomic mass is 9.96. The third-order valence-corrected chi connectivity index (χ3v) is 6.84. The minimum atomic E-state index is -0.909. The van der Waals surface area contributed by atoms with Crippen molar-refractivity contribution >= 4 is 39.9 Å². The Balaban J connectivity index is 0.00000248. The number of fused-ring (bicyclic) bond motifs is 1. The molecule has 2 aromatic carbocycles. The number of carbonyl (C=O) groups is 2. The number of amides is 1. The van der Waals surface area contributed by atoms with E-state index < -0.39 is 17.2 Å². The number of ketones is 1. The third-order valence-electron chi connectivity index (χ3n) is 6.61. The van der Waals surface area contributed by atoms with Crippen LogP contribution in [0.1, 0.15) is 70.8 Å². The van der Waals surface area contributed by atoms with E-state index >= 15 is 0 Å².